The molecule has 4 heteroatoms. The zero-order valence-corrected chi connectivity index (χ0v) is 8.97. The van der Waals surface area contributed by atoms with E-state index < -0.39 is 0 Å². The predicted molar refractivity (Wildman–Crippen MR) is 37.2 cm³/mol. The molecule has 0 saturated heterocycles. The van der Waals surface area contributed by atoms with Crippen molar-refractivity contribution in [3.05, 3.63) is 24.3 Å². The van der Waals surface area contributed by atoms with Gasteiger partial charge in [-0.05, 0) is 6.07 Å². The average Bonchev–Trinajstić information content (AvgIpc) is 1.94. The molecule has 0 atom stereocenters. The maximum Gasteiger partial charge on any atom is 1.00 e. The molecule has 0 aliphatic rings. The number of alkyl halides is 1. The van der Waals surface area contributed by atoms with Crippen molar-refractivity contribution >= 4 is 11.6 Å². The van der Waals surface area contributed by atoms with Gasteiger partial charge in [0.05, 0.1) is 0 Å². The minimum atomic E-state index is -0.136. The maximum atomic E-state index is 10.8. The Hall–Kier alpha value is 0.110. The van der Waals surface area contributed by atoms with Crippen LogP contribution in [0.4, 0.5) is 0 Å². The Morgan fingerprint density at radius 3 is 2.55 bits per heavy atom. The first-order valence-corrected chi connectivity index (χ1v) is 3.33. The van der Waals surface area contributed by atoms with E-state index in [2.05, 4.69) is 0 Å². The van der Waals surface area contributed by atoms with Crippen LogP contribution in [-0.4, -0.2) is 6.07 Å². The molecule has 0 saturated carbocycles. The zero-order valence-electron chi connectivity index (χ0n) is 6.21. The zero-order chi connectivity index (χ0) is 7.40. The van der Waals surface area contributed by atoms with Crippen molar-refractivity contribution in [3.8, 4) is 11.5 Å². The molecule has 0 spiro atoms. The summed E-state index contributed by atoms with van der Waals surface area (Å²) >= 11 is 5.25. The van der Waals surface area contributed by atoms with Gasteiger partial charge >= 0.3 is 29.6 Å². The molecule has 1 aromatic carbocycles. The first-order valence-electron chi connectivity index (χ1n) is 2.79. The number of benzene rings is 1. The summed E-state index contributed by atoms with van der Waals surface area (Å²) in [6, 6.07) is 6.42. The van der Waals surface area contributed by atoms with Crippen LogP contribution in [0.5, 0.6) is 11.5 Å². The average molecular weight is 181 g/mol. The van der Waals surface area contributed by atoms with Crippen molar-refractivity contribution in [2.75, 3.05) is 6.07 Å². The van der Waals surface area contributed by atoms with Crippen LogP contribution in [-0.2, 0) is 0 Å². The molecule has 1 rings (SSSR count). The molecule has 0 fully saturated rings. The summed E-state index contributed by atoms with van der Waals surface area (Å²) in [4.78, 5) is 0. The summed E-state index contributed by atoms with van der Waals surface area (Å²) in [5.74, 6) is 0.167. The third-order valence-electron chi connectivity index (χ3n) is 1.06. The monoisotopic (exact) mass is 180 g/mol. The molecule has 0 heterocycles. The van der Waals surface area contributed by atoms with E-state index in [-0.39, 0.29) is 41.4 Å². The van der Waals surface area contributed by atoms with Gasteiger partial charge in [0, 0.05) is 0 Å². The van der Waals surface area contributed by atoms with Gasteiger partial charge in [0.1, 0.15) is 5.75 Å². The molecule has 0 aromatic heterocycles. The quantitative estimate of drug-likeness (QED) is 0.403. The molecular weight excluding hydrogens is 175 g/mol. The Kier molecular flexibility index (Phi) is 5.78. The molecule has 54 valence electrons. The van der Waals surface area contributed by atoms with Crippen molar-refractivity contribution < 1.29 is 39.4 Å². The number of rotatable bonds is 2. The van der Waals surface area contributed by atoms with Crippen LogP contribution in [0.25, 0.3) is 0 Å². The van der Waals surface area contributed by atoms with Crippen LogP contribution in [0.15, 0.2) is 24.3 Å². The summed E-state index contributed by atoms with van der Waals surface area (Å²) in [5.41, 5.74) is 0. The third kappa shape index (κ3) is 3.34. The van der Waals surface area contributed by atoms with Crippen molar-refractivity contribution in [1.29, 1.82) is 0 Å². The van der Waals surface area contributed by atoms with Crippen LogP contribution in [0.2, 0.25) is 0 Å². The van der Waals surface area contributed by atoms with E-state index >= 15 is 0 Å². The van der Waals surface area contributed by atoms with Crippen LogP contribution in [0.1, 0.15) is 0 Å². The maximum absolute atomic E-state index is 10.8. The van der Waals surface area contributed by atoms with Crippen LogP contribution >= 0.6 is 11.6 Å². The second-order valence-electron chi connectivity index (χ2n) is 1.70. The Balaban J connectivity index is 0.000001000. The van der Waals surface area contributed by atoms with Gasteiger partial charge in [0.2, 0.25) is 0 Å². The molecule has 0 aliphatic heterocycles. The van der Waals surface area contributed by atoms with E-state index in [9.17, 15) is 5.11 Å². The van der Waals surface area contributed by atoms with Crippen LogP contribution in [0, 0.1) is 0 Å². The number of hydrogen-bond acceptors (Lipinski definition) is 2. The van der Waals surface area contributed by atoms with E-state index in [0.29, 0.717) is 5.75 Å². The predicted octanol–water partition coefficient (Wildman–Crippen LogP) is -1.66. The SMILES string of the molecule is [Na+].[O-]c1ccccc1OCCl. The normalized spacial score (nSPS) is 8.45. The van der Waals surface area contributed by atoms with E-state index in [0.717, 1.165) is 0 Å². The number of halogens is 1. The second kappa shape index (κ2) is 5.72. The molecule has 1 aromatic rings. The van der Waals surface area contributed by atoms with Gasteiger partial charge in [0.25, 0.3) is 0 Å². The van der Waals surface area contributed by atoms with E-state index in [1.807, 2.05) is 0 Å². The third-order valence-corrected chi connectivity index (χ3v) is 1.17. The molecule has 0 N–H and O–H groups in total. The van der Waals surface area contributed by atoms with E-state index in [1.165, 1.54) is 6.07 Å². The smallest absolute Gasteiger partial charge is 0.870 e. The van der Waals surface area contributed by atoms with Gasteiger partial charge in [-0.15, -0.1) is 0 Å². The Bertz CT molecular complexity index is 217. The fraction of sp³-hybridized carbons (Fsp3) is 0.143. The van der Waals surface area contributed by atoms with Crippen molar-refractivity contribution in [2.24, 2.45) is 0 Å². The van der Waals surface area contributed by atoms with Gasteiger partial charge in [-0.25, -0.2) is 0 Å². The number of para-hydroxylation sites is 2. The second-order valence-corrected chi connectivity index (χ2v) is 1.92. The van der Waals surface area contributed by atoms with Gasteiger partial charge in [-0.2, -0.15) is 0 Å². The first kappa shape index (κ1) is 11.1. The van der Waals surface area contributed by atoms with Crippen molar-refractivity contribution in [1.82, 2.24) is 0 Å². The Morgan fingerprint density at radius 2 is 2.00 bits per heavy atom. The molecule has 0 aliphatic carbocycles. The van der Waals surface area contributed by atoms with Gasteiger partial charge < -0.3 is 9.84 Å². The standard InChI is InChI=1S/C7H7ClO2.Na/c8-5-10-7-4-2-1-3-6(7)9;/h1-4,9H,5H2;/q;+1/p-1. The van der Waals surface area contributed by atoms with Crippen LogP contribution < -0.4 is 39.4 Å². The fourth-order valence-corrected chi connectivity index (χ4v) is 0.746. The van der Waals surface area contributed by atoms with Gasteiger partial charge in [0.15, 0.2) is 6.07 Å². The fourth-order valence-electron chi connectivity index (χ4n) is 0.628. The molecule has 0 amide bonds. The molecular formula is C7H6ClNaO2. The molecule has 11 heavy (non-hydrogen) atoms. The number of hydrogen-bond donors (Lipinski definition) is 0. The van der Waals surface area contributed by atoms with E-state index in [1.54, 1.807) is 18.2 Å². The van der Waals surface area contributed by atoms with Crippen LogP contribution in [0.3, 0.4) is 0 Å². The summed E-state index contributed by atoms with van der Waals surface area (Å²) in [6.45, 7) is 0. The van der Waals surface area contributed by atoms with Crippen molar-refractivity contribution in [3.63, 3.8) is 0 Å². The van der Waals surface area contributed by atoms with Crippen molar-refractivity contribution in [2.45, 2.75) is 0 Å². The Labute approximate surface area is 92.4 Å². The minimum Gasteiger partial charge on any atom is -0.870 e. The summed E-state index contributed by atoms with van der Waals surface area (Å²) < 4.78 is 4.79. The topological polar surface area (TPSA) is 32.3 Å². The first-order chi connectivity index (χ1) is 4.84. The summed E-state index contributed by atoms with van der Waals surface area (Å²) in [6.07, 6.45) is 0. The minimum absolute atomic E-state index is 0. The van der Waals surface area contributed by atoms with E-state index in [4.69, 9.17) is 16.3 Å². The summed E-state index contributed by atoms with van der Waals surface area (Å²) in [7, 11) is 0. The number of ether oxygens (including phenoxy) is 1. The molecule has 2 nitrogen and oxygen atoms in total. The summed E-state index contributed by atoms with van der Waals surface area (Å²) in [5, 5.41) is 10.8. The Morgan fingerprint density at radius 1 is 1.36 bits per heavy atom. The molecule has 0 unspecified atom stereocenters. The molecule has 0 radical (unpaired) electrons. The largest absolute Gasteiger partial charge is 1.00 e. The van der Waals surface area contributed by atoms with Gasteiger partial charge in [-0.3, -0.25) is 0 Å². The van der Waals surface area contributed by atoms with Gasteiger partial charge in [-0.1, -0.05) is 35.5 Å². The molecule has 0 bridgehead atoms.